The molecule has 4 N–H and O–H groups in total. The van der Waals surface area contributed by atoms with Crippen molar-refractivity contribution in [3.05, 3.63) is 0 Å². The third-order valence-corrected chi connectivity index (χ3v) is 7.49. The van der Waals surface area contributed by atoms with Gasteiger partial charge in [0.15, 0.2) is 6.29 Å². The highest BCUT2D eigenvalue weighted by Gasteiger charge is 2.50. The van der Waals surface area contributed by atoms with Crippen molar-refractivity contribution in [1.29, 1.82) is 0 Å². The van der Waals surface area contributed by atoms with Gasteiger partial charge in [-0.1, -0.05) is 34.1 Å². The maximum absolute atomic E-state index is 13.6. The fourth-order valence-corrected chi connectivity index (χ4v) is 5.63. The van der Waals surface area contributed by atoms with Crippen molar-refractivity contribution < 1.29 is 34.1 Å². The van der Waals surface area contributed by atoms with Gasteiger partial charge in [-0.25, -0.2) is 0 Å². The number of unbranched alkanes of at least 4 members (excludes halogenated alkanes) is 1. The summed E-state index contributed by atoms with van der Waals surface area (Å²) < 4.78 is 5.27. The van der Waals surface area contributed by atoms with Gasteiger partial charge in [-0.3, -0.25) is 19.2 Å². The molecular formula is C28H49N3O7. The van der Waals surface area contributed by atoms with Crippen LogP contribution in [0.5, 0.6) is 0 Å². The molecule has 1 saturated heterocycles. The Balaban J connectivity index is 1.96. The lowest BCUT2D eigenvalue weighted by Gasteiger charge is -2.34. The van der Waals surface area contributed by atoms with E-state index >= 15 is 0 Å². The summed E-state index contributed by atoms with van der Waals surface area (Å²) in [6, 6.07) is -2.36. The number of ether oxygens (including phenoxy) is 1. The van der Waals surface area contributed by atoms with Crippen molar-refractivity contribution in [1.82, 2.24) is 15.5 Å². The highest BCUT2D eigenvalue weighted by Crippen LogP contribution is 2.43. The van der Waals surface area contributed by atoms with E-state index < -0.39 is 35.9 Å². The number of carbonyl (C=O) groups is 4. The van der Waals surface area contributed by atoms with Crippen molar-refractivity contribution in [2.45, 2.75) is 123 Å². The largest absolute Gasteiger partial charge is 0.460 e. The Kier molecular flexibility index (Phi) is 11.6. The summed E-state index contributed by atoms with van der Waals surface area (Å²) in [7, 11) is 0. The average molecular weight is 540 g/mol. The van der Waals surface area contributed by atoms with Crippen molar-refractivity contribution in [2.75, 3.05) is 6.54 Å². The molecule has 10 nitrogen and oxygen atoms in total. The van der Waals surface area contributed by atoms with Gasteiger partial charge in [0.1, 0.15) is 17.7 Å². The van der Waals surface area contributed by atoms with E-state index in [9.17, 15) is 29.4 Å². The second kappa shape index (κ2) is 13.7. The molecule has 1 heterocycles. The van der Waals surface area contributed by atoms with E-state index in [4.69, 9.17) is 4.74 Å². The lowest BCUT2D eigenvalue weighted by atomic mass is 9.93. The Morgan fingerprint density at radius 3 is 2.08 bits per heavy atom. The van der Waals surface area contributed by atoms with Crippen LogP contribution in [0.2, 0.25) is 0 Å². The number of fused-ring (bicyclic) bond motifs is 1. The minimum atomic E-state index is -1.63. The van der Waals surface area contributed by atoms with Crippen LogP contribution in [0.1, 0.15) is 93.4 Å². The average Bonchev–Trinajstić information content (AvgIpc) is 3.37. The zero-order valence-electron chi connectivity index (χ0n) is 24.2. The van der Waals surface area contributed by atoms with Crippen LogP contribution in [-0.2, 0) is 23.9 Å². The fourth-order valence-electron chi connectivity index (χ4n) is 5.63. The number of aliphatic hydroxyl groups excluding tert-OH is 1. The molecular weight excluding hydrogens is 490 g/mol. The first-order valence-corrected chi connectivity index (χ1v) is 14.1. The predicted molar refractivity (Wildman–Crippen MR) is 142 cm³/mol. The highest BCUT2D eigenvalue weighted by atomic mass is 16.6. The number of nitrogens with one attached hydrogen (secondary N) is 2. The first kappa shape index (κ1) is 32.0. The number of nitrogens with zero attached hydrogens (tertiary/aromatic N) is 1. The van der Waals surface area contributed by atoms with Gasteiger partial charge in [0.2, 0.25) is 17.7 Å². The molecule has 38 heavy (non-hydrogen) atoms. The molecule has 10 heteroatoms. The summed E-state index contributed by atoms with van der Waals surface area (Å²) in [6.07, 6.45) is 2.56. The molecule has 0 spiro atoms. The number of hydrogen-bond donors (Lipinski definition) is 4. The van der Waals surface area contributed by atoms with Gasteiger partial charge in [-0.2, -0.15) is 0 Å². The topological polar surface area (TPSA) is 145 Å². The van der Waals surface area contributed by atoms with E-state index in [2.05, 4.69) is 10.6 Å². The standard InChI is InChI=1S/C28H49N3O7/c1-16(2)22(29-20(32)13-8-9-14-21(33)38-28(5,6)7)25(34)30-23(17(3)4)26(35)31-15-18-11-10-12-19(18)24(31)27(36)37/h16-19,22-24,27,36-37H,8-15H2,1-7H3,(H,29,32)(H,30,34)/t18?,19-,22-,23?,24-/m0/s1. The van der Waals surface area contributed by atoms with Gasteiger partial charge in [-0.15, -0.1) is 0 Å². The monoisotopic (exact) mass is 539 g/mol. The number of rotatable bonds is 12. The molecule has 0 bridgehead atoms. The summed E-state index contributed by atoms with van der Waals surface area (Å²) in [4.78, 5) is 52.8. The van der Waals surface area contributed by atoms with E-state index in [0.29, 0.717) is 19.4 Å². The Labute approximate surface area is 227 Å². The molecule has 3 amide bonds. The van der Waals surface area contributed by atoms with Crippen LogP contribution >= 0.6 is 0 Å². The fraction of sp³-hybridized carbons (Fsp3) is 0.857. The summed E-state index contributed by atoms with van der Waals surface area (Å²) in [5.74, 6) is -1.54. The molecule has 5 atom stereocenters. The first-order chi connectivity index (χ1) is 17.6. The number of esters is 1. The molecule has 218 valence electrons. The molecule has 2 fully saturated rings. The summed E-state index contributed by atoms with van der Waals surface area (Å²) in [6.45, 7) is 13.2. The van der Waals surface area contributed by atoms with Gasteiger partial charge in [0, 0.05) is 19.4 Å². The zero-order chi connectivity index (χ0) is 28.8. The lowest BCUT2D eigenvalue weighted by molar-refractivity contribution is -0.155. The summed E-state index contributed by atoms with van der Waals surface area (Å²) >= 11 is 0. The molecule has 0 aromatic rings. The summed E-state index contributed by atoms with van der Waals surface area (Å²) in [5.41, 5.74) is -0.548. The highest BCUT2D eigenvalue weighted by molar-refractivity contribution is 5.92. The maximum atomic E-state index is 13.6. The molecule has 2 unspecified atom stereocenters. The van der Waals surface area contributed by atoms with E-state index in [-0.39, 0.29) is 54.3 Å². The van der Waals surface area contributed by atoms with Crippen LogP contribution < -0.4 is 10.6 Å². The Bertz CT molecular complexity index is 837. The summed E-state index contributed by atoms with van der Waals surface area (Å²) in [5, 5.41) is 25.7. The minimum absolute atomic E-state index is 0.0560. The van der Waals surface area contributed by atoms with Crippen LogP contribution in [0.15, 0.2) is 0 Å². The van der Waals surface area contributed by atoms with E-state index in [1.165, 1.54) is 4.90 Å². The zero-order valence-corrected chi connectivity index (χ0v) is 24.2. The Hall–Kier alpha value is -2.20. The number of hydrogen-bond acceptors (Lipinski definition) is 7. The Morgan fingerprint density at radius 1 is 0.921 bits per heavy atom. The van der Waals surface area contributed by atoms with Crippen molar-refractivity contribution in [3.63, 3.8) is 0 Å². The van der Waals surface area contributed by atoms with Crippen molar-refractivity contribution in [3.8, 4) is 0 Å². The van der Waals surface area contributed by atoms with E-state index in [1.807, 2.05) is 27.7 Å². The van der Waals surface area contributed by atoms with Crippen LogP contribution in [0.25, 0.3) is 0 Å². The normalized spacial score (nSPS) is 22.9. The van der Waals surface area contributed by atoms with Gasteiger partial charge in [-0.05, 0) is 70.1 Å². The Morgan fingerprint density at radius 2 is 1.53 bits per heavy atom. The minimum Gasteiger partial charge on any atom is -0.460 e. The van der Waals surface area contributed by atoms with Crippen LogP contribution in [0, 0.1) is 23.7 Å². The van der Waals surface area contributed by atoms with E-state index in [0.717, 1.165) is 19.3 Å². The molecule has 1 saturated carbocycles. The molecule has 0 aromatic carbocycles. The van der Waals surface area contributed by atoms with Crippen LogP contribution in [-0.4, -0.2) is 75.4 Å². The first-order valence-electron chi connectivity index (χ1n) is 14.1. The third-order valence-electron chi connectivity index (χ3n) is 7.49. The van der Waals surface area contributed by atoms with Gasteiger partial charge >= 0.3 is 5.97 Å². The van der Waals surface area contributed by atoms with Crippen molar-refractivity contribution >= 4 is 23.7 Å². The quantitative estimate of drug-likeness (QED) is 0.169. The molecule has 1 aliphatic heterocycles. The van der Waals surface area contributed by atoms with E-state index in [1.54, 1.807) is 20.8 Å². The molecule has 0 radical (unpaired) electrons. The second-order valence-corrected chi connectivity index (χ2v) is 12.6. The second-order valence-electron chi connectivity index (χ2n) is 12.6. The number of carbonyl (C=O) groups excluding carboxylic acids is 4. The number of aliphatic hydroxyl groups is 2. The van der Waals surface area contributed by atoms with Gasteiger partial charge in [0.05, 0.1) is 6.04 Å². The third kappa shape index (κ3) is 8.93. The van der Waals surface area contributed by atoms with Crippen molar-refractivity contribution in [2.24, 2.45) is 23.7 Å². The lowest BCUT2D eigenvalue weighted by Crippen LogP contribution is -2.59. The molecule has 1 aliphatic carbocycles. The maximum Gasteiger partial charge on any atom is 0.306 e. The molecule has 0 aromatic heterocycles. The van der Waals surface area contributed by atoms with Crippen LogP contribution in [0.4, 0.5) is 0 Å². The van der Waals surface area contributed by atoms with Gasteiger partial charge < -0.3 is 30.5 Å². The molecule has 2 aliphatic rings. The number of likely N-dealkylation sites (tertiary alicyclic amines) is 1. The number of amides is 3. The predicted octanol–water partition coefficient (Wildman–Crippen LogP) is 2.11. The van der Waals surface area contributed by atoms with Gasteiger partial charge in [0.25, 0.3) is 0 Å². The SMILES string of the molecule is CC(C)C(NC(=O)[C@@H](NC(=O)CCCCC(=O)OC(C)(C)C)C(C)C)C(=O)N1CC2CCC[C@@H]2[C@H]1C(O)O. The molecule has 2 rings (SSSR count). The smallest absolute Gasteiger partial charge is 0.306 e. The van der Waals surface area contributed by atoms with Crippen LogP contribution in [0.3, 0.4) is 0 Å².